The Morgan fingerprint density at radius 2 is 2.06 bits per heavy atom. The number of hydrogen-bond acceptors (Lipinski definition) is 4. The molecule has 0 bridgehead atoms. The first kappa shape index (κ1) is 12.2. The van der Waals surface area contributed by atoms with Crippen molar-refractivity contribution in [2.75, 3.05) is 18.1 Å². The molecule has 5 heteroatoms. The van der Waals surface area contributed by atoms with Gasteiger partial charge in [0.2, 0.25) is 5.95 Å². The molecule has 1 aliphatic carbocycles. The zero-order valence-corrected chi connectivity index (χ0v) is 9.85. The Balaban J connectivity index is 2.15. The lowest BCUT2D eigenvalue weighted by molar-refractivity contribution is 0.289. The van der Waals surface area contributed by atoms with E-state index < -0.39 is 5.95 Å². The van der Waals surface area contributed by atoms with Crippen LogP contribution in [-0.2, 0) is 0 Å². The van der Waals surface area contributed by atoms with Crippen LogP contribution in [0.2, 0.25) is 0 Å². The summed E-state index contributed by atoms with van der Waals surface area (Å²) in [5.74, 6) is 0.0622. The van der Waals surface area contributed by atoms with Crippen LogP contribution in [0.1, 0.15) is 32.1 Å². The molecule has 0 radical (unpaired) electrons. The second kappa shape index (κ2) is 5.91. The average Bonchev–Trinajstić information content (AvgIpc) is 2.37. The number of hydrogen-bond donors (Lipinski definition) is 1. The summed E-state index contributed by atoms with van der Waals surface area (Å²) in [6, 6.07) is 1.70. The second-order valence-electron chi connectivity index (χ2n) is 4.41. The van der Waals surface area contributed by atoms with Crippen LogP contribution in [0, 0.1) is 5.95 Å². The fraction of sp³-hybridized carbons (Fsp3) is 0.667. The molecule has 1 aromatic heterocycles. The van der Waals surface area contributed by atoms with Gasteiger partial charge in [-0.05, 0) is 12.8 Å². The molecule has 0 spiro atoms. The van der Waals surface area contributed by atoms with E-state index in [1.54, 1.807) is 0 Å². The second-order valence-corrected chi connectivity index (χ2v) is 4.41. The molecule has 1 fully saturated rings. The maximum Gasteiger partial charge on any atom is 0.218 e. The lowest BCUT2D eigenvalue weighted by Crippen LogP contribution is -2.39. The highest BCUT2D eigenvalue weighted by Crippen LogP contribution is 2.25. The summed E-state index contributed by atoms with van der Waals surface area (Å²) in [5, 5.41) is 9.12. The van der Waals surface area contributed by atoms with E-state index in [9.17, 15) is 4.39 Å². The third-order valence-electron chi connectivity index (χ3n) is 3.27. The maximum absolute atomic E-state index is 13.1. The van der Waals surface area contributed by atoms with Gasteiger partial charge in [-0.15, -0.1) is 0 Å². The van der Waals surface area contributed by atoms with Gasteiger partial charge >= 0.3 is 0 Å². The van der Waals surface area contributed by atoms with Gasteiger partial charge in [-0.3, -0.25) is 0 Å². The topological polar surface area (TPSA) is 49.2 Å². The van der Waals surface area contributed by atoms with Gasteiger partial charge < -0.3 is 10.0 Å². The van der Waals surface area contributed by atoms with Gasteiger partial charge in [0, 0.05) is 18.7 Å². The molecule has 0 atom stereocenters. The zero-order chi connectivity index (χ0) is 12.1. The summed E-state index contributed by atoms with van der Waals surface area (Å²) in [5.41, 5.74) is 0. The van der Waals surface area contributed by atoms with Crippen molar-refractivity contribution >= 4 is 5.82 Å². The molecule has 1 aromatic rings. The molecular weight excluding hydrogens is 221 g/mol. The Bertz CT molecular complexity index is 355. The van der Waals surface area contributed by atoms with E-state index in [-0.39, 0.29) is 6.61 Å². The third-order valence-corrected chi connectivity index (χ3v) is 3.27. The van der Waals surface area contributed by atoms with Gasteiger partial charge in [0.15, 0.2) is 0 Å². The van der Waals surface area contributed by atoms with Crippen molar-refractivity contribution in [3.05, 3.63) is 18.3 Å². The summed E-state index contributed by atoms with van der Waals surface area (Å²) in [4.78, 5) is 9.56. The predicted molar refractivity (Wildman–Crippen MR) is 63.3 cm³/mol. The minimum Gasteiger partial charge on any atom is -0.395 e. The Kier molecular flexibility index (Phi) is 4.25. The number of aliphatic hydroxyl groups is 1. The fourth-order valence-corrected chi connectivity index (χ4v) is 2.47. The quantitative estimate of drug-likeness (QED) is 0.813. The Morgan fingerprint density at radius 1 is 1.29 bits per heavy atom. The van der Waals surface area contributed by atoms with Crippen LogP contribution in [0.15, 0.2) is 12.4 Å². The number of aromatic nitrogens is 2. The van der Waals surface area contributed by atoms with Crippen LogP contribution < -0.4 is 4.90 Å². The summed E-state index contributed by atoms with van der Waals surface area (Å²) >= 11 is 0. The standard InChI is InChI=1S/C12H18FN3O/c13-11-8-12(15-9-14-11)16(6-7-17)10-4-2-1-3-5-10/h8-10,17H,1-7H2. The van der Waals surface area contributed by atoms with E-state index >= 15 is 0 Å². The normalized spacial score (nSPS) is 17.1. The lowest BCUT2D eigenvalue weighted by Gasteiger charge is -2.34. The van der Waals surface area contributed by atoms with Crippen molar-refractivity contribution in [2.45, 2.75) is 38.1 Å². The Labute approximate surface area is 101 Å². The number of nitrogens with zero attached hydrogens (tertiary/aromatic N) is 3. The van der Waals surface area contributed by atoms with Gasteiger partial charge in [-0.1, -0.05) is 19.3 Å². The van der Waals surface area contributed by atoms with Gasteiger partial charge in [0.05, 0.1) is 6.61 Å². The molecular formula is C12H18FN3O. The minimum absolute atomic E-state index is 0.0577. The van der Waals surface area contributed by atoms with Crippen molar-refractivity contribution < 1.29 is 9.50 Å². The molecule has 0 aliphatic heterocycles. The van der Waals surface area contributed by atoms with Crippen LogP contribution in [-0.4, -0.2) is 34.3 Å². The monoisotopic (exact) mass is 239 g/mol. The summed E-state index contributed by atoms with van der Waals surface area (Å²) in [6.45, 7) is 0.559. The molecule has 0 amide bonds. The van der Waals surface area contributed by atoms with Gasteiger partial charge in [-0.2, -0.15) is 4.39 Å². The van der Waals surface area contributed by atoms with Crippen LogP contribution in [0.3, 0.4) is 0 Å². The summed E-state index contributed by atoms with van der Waals surface area (Å²) in [6.07, 6.45) is 7.07. The number of halogens is 1. The average molecular weight is 239 g/mol. The number of aliphatic hydroxyl groups excluding tert-OH is 1. The van der Waals surface area contributed by atoms with Crippen LogP contribution >= 0.6 is 0 Å². The molecule has 94 valence electrons. The SMILES string of the molecule is OCCN(c1cc(F)ncn1)C1CCCCC1. The van der Waals surface area contributed by atoms with Crippen LogP contribution in [0.25, 0.3) is 0 Å². The largest absolute Gasteiger partial charge is 0.395 e. The Hall–Kier alpha value is -1.23. The fourth-order valence-electron chi connectivity index (χ4n) is 2.47. The maximum atomic E-state index is 13.1. The van der Waals surface area contributed by atoms with Gasteiger partial charge in [-0.25, -0.2) is 9.97 Å². The lowest BCUT2D eigenvalue weighted by atomic mass is 9.94. The van der Waals surface area contributed by atoms with Crippen LogP contribution in [0.4, 0.5) is 10.2 Å². The highest BCUT2D eigenvalue weighted by molar-refractivity contribution is 5.38. The number of anilines is 1. The molecule has 1 heterocycles. The molecule has 4 nitrogen and oxygen atoms in total. The molecule has 2 rings (SSSR count). The Morgan fingerprint density at radius 3 is 2.71 bits per heavy atom. The third kappa shape index (κ3) is 3.12. The van der Waals surface area contributed by atoms with Crippen LogP contribution in [0.5, 0.6) is 0 Å². The predicted octanol–water partition coefficient (Wildman–Crippen LogP) is 1.75. The van der Waals surface area contributed by atoms with E-state index in [0.29, 0.717) is 18.4 Å². The van der Waals surface area contributed by atoms with Crippen molar-refractivity contribution in [3.8, 4) is 0 Å². The highest BCUT2D eigenvalue weighted by atomic mass is 19.1. The van der Waals surface area contributed by atoms with Crippen molar-refractivity contribution in [3.63, 3.8) is 0 Å². The van der Waals surface area contributed by atoms with E-state index in [2.05, 4.69) is 9.97 Å². The van der Waals surface area contributed by atoms with E-state index in [0.717, 1.165) is 12.8 Å². The molecule has 1 saturated carbocycles. The smallest absolute Gasteiger partial charge is 0.218 e. The van der Waals surface area contributed by atoms with Crippen molar-refractivity contribution in [1.29, 1.82) is 0 Å². The summed E-state index contributed by atoms with van der Waals surface area (Å²) in [7, 11) is 0. The molecule has 0 aromatic carbocycles. The molecule has 17 heavy (non-hydrogen) atoms. The molecule has 1 N–H and O–H groups in total. The van der Waals surface area contributed by atoms with E-state index in [4.69, 9.17) is 5.11 Å². The minimum atomic E-state index is -0.520. The highest BCUT2D eigenvalue weighted by Gasteiger charge is 2.22. The number of rotatable bonds is 4. The summed E-state index contributed by atoms with van der Waals surface area (Å²) < 4.78 is 13.1. The van der Waals surface area contributed by atoms with E-state index in [1.165, 1.54) is 31.7 Å². The first-order valence-corrected chi connectivity index (χ1v) is 6.16. The van der Waals surface area contributed by atoms with Gasteiger partial charge in [0.1, 0.15) is 12.1 Å². The molecule has 1 aliphatic rings. The van der Waals surface area contributed by atoms with E-state index in [1.807, 2.05) is 4.90 Å². The molecule has 0 saturated heterocycles. The van der Waals surface area contributed by atoms with Crippen molar-refractivity contribution in [1.82, 2.24) is 9.97 Å². The molecule has 0 unspecified atom stereocenters. The zero-order valence-electron chi connectivity index (χ0n) is 9.85. The van der Waals surface area contributed by atoms with Gasteiger partial charge in [0.25, 0.3) is 0 Å². The first-order chi connectivity index (χ1) is 8.31. The first-order valence-electron chi connectivity index (χ1n) is 6.16. The van der Waals surface area contributed by atoms with Crippen molar-refractivity contribution in [2.24, 2.45) is 0 Å².